The zero-order valence-corrected chi connectivity index (χ0v) is 12.6. The molecule has 0 spiro atoms. The highest BCUT2D eigenvalue weighted by molar-refractivity contribution is 6.30. The molecule has 1 saturated heterocycles. The molecule has 2 heterocycles. The van der Waals surface area contributed by atoms with Gasteiger partial charge in [-0.3, -0.25) is 4.90 Å². The van der Waals surface area contributed by atoms with Crippen LogP contribution in [0.15, 0.2) is 48.5 Å². The number of benzene rings is 2. The van der Waals surface area contributed by atoms with Crippen LogP contribution in [-0.2, 0) is 6.54 Å². The van der Waals surface area contributed by atoms with E-state index in [1.807, 2.05) is 12.1 Å². The van der Waals surface area contributed by atoms with E-state index in [0.29, 0.717) is 11.8 Å². The van der Waals surface area contributed by atoms with Crippen molar-refractivity contribution in [3.63, 3.8) is 0 Å². The lowest BCUT2D eigenvalue weighted by Gasteiger charge is -2.27. The molecule has 0 aromatic heterocycles. The summed E-state index contributed by atoms with van der Waals surface area (Å²) in [4.78, 5) is 2.53. The molecule has 3 heteroatoms. The minimum atomic E-state index is 0.552. The molecule has 0 amide bonds. The van der Waals surface area contributed by atoms with Crippen LogP contribution in [0, 0.1) is 5.92 Å². The summed E-state index contributed by atoms with van der Waals surface area (Å²) in [5.41, 5.74) is 2.66. The number of hydrogen-bond donors (Lipinski definition) is 0. The summed E-state index contributed by atoms with van der Waals surface area (Å²) in [6.45, 7) is 4.04. The molecule has 2 nitrogen and oxygen atoms in total. The van der Waals surface area contributed by atoms with E-state index >= 15 is 0 Å². The average Bonchev–Trinajstić information content (AvgIpc) is 2.91. The molecule has 21 heavy (non-hydrogen) atoms. The molecular weight excluding hydrogens is 282 g/mol. The van der Waals surface area contributed by atoms with Gasteiger partial charge in [-0.2, -0.15) is 0 Å². The van der Waals surface area contributed by atoms with Crippen molar-refractivity contribution in [3.05, 3.63) is 64.7 Å². The minimum absolute atomic E-state index is 0.552. The van der Waals surface area contributed by atoms with E-state index < -0.39 is 0 Å². The second-order valence-electron chi connectivity index (χ2n) is 6.04. The van der Waals surface area contributed by atoms with Crippen LogP contribution in [-0.4, -0.2) is 24.6 Å². The Bertz CT molecular complexity index is 643. The zero-order chi connectivity index (χ0) is 14.2. The molecule has 0 radical (unpaired) electrons. The smallest absolute Gasteiger partial charge is 0.122 e. The fraction of sp³-hybridized carbons (Fsp3) is 0.333. The highest BCUT2D eigenvalue weighted by Gasteiger charge is 2.38. The summed E-state index contributed by atoms with van der Waals surface area (Å²) in [7, 11) is 0. The van der Waals surface area contributed by atoms with Crippen molar-refractivity contribution in [1.82, 2.24) is 4.90 Å². The fourth-order valence-corrected chi connectivity index (χ4v) is 3.77. The van der Waals surface area contributed by atoms with Crippen molar-refractivity contribution >= 4 is 11.6 Å². The second-order valence-corrected chi connectivity index (χ2v) is 6.48. The molecule has 0 aliphatic carbocycles. The van der Waals surface area contributed by atoms with Crippen LogP contribution in [0.5, 0.6) is 5.75 Å². The van der Waals surface area contributed by atoms with Crippen LogP contribution in [0.4, 0.5) is 0 Å². The molecule has 0 bridgehead atoms. The maximum atomic E-state index is 6.16. The Kier molecular flexibility index (Phi) is 3.36. The largest absolute Gasteiger partial charge is 0.493 e. The number of hydrogen-bond acceptors (Lipinski definition) is 2. The first-order valence-corrected chi connectivity index (χ1v) is 7.86. The Morgan fingerprint density at radius 3 is 2.81 bits per heavy atom. The van der Waals surface area contributed by atoms with Crippen LogP contribution < -0.4 is 4.74 Å². The van der Waals surface area contributed by atoms with Crippen LogP contribution in [0.1, 0.15) is 17.0 Å². The molecule has 0 N–H and O–H groups in total. The molecule has 4 rings (SSSR count). The van der Waals surface area contributed by atoms with Crippen molar-refractivity contribution in [2.45, 2.75) is 12.5 Å². The van der Waals surface area contributed by atoms with Crippen molar-refractivity contribution in [3.8, 4) is 5.75 Å². The van der Waals surface area contributed by atoms with Gasteiger partial charge in [0, 0.05) is 42.1 Å². The summed E-state index contributed by atoms with van der Waals surface area (Å²) in [5, 5.41) is 0.805. The molecule has 0 unspecified atom stereocenters. The van der Waals surface area contributed by atoms with Crippen molar-refractivity contribution in [2.75, 3.05) is 19.7 Å². The maximum Gasteiger partial charge on any atom is 0.122 e. The summed E-state index contributed by atoms with van der Waals surface area (Å²) in [6, 6.07) is 16.7. The monoisotopic (exact) mass is 299 g/mol. The van der Waals surface area contributed by atoms with Crippen molar-refractivity contribution in [2.24, 2.45) is 5.92 Å². The molecule has 1 fully saturated rings. The van der Waals surface area contributed by atoms with Gasteiger partial charge in [0.15, 0.2) is 0 Å². The minimum Gasteiger partial charge on any atom is -0.493 e. The summed E-state index contributed by atoms with van der Waals surface area (Å²) in [5.74, 6) is 2.15. The van der Waals surface area contributed by atoms with Crippen LogP contribution in [0.2, 0.25) is 5.02 Å². The third-order valence-corrected chi connectivity index (χ3v) is 4.82. The van der Waals surface area contributed by atoms with E-state index in [4.69, 9.17) is 16.3 Å². The average molecular weight is 300 g/mol. The quantitative estimate of drug-likeness (QED) is 0.832. The lowest BCUT2D eigenvalue weighted by atomic mass is 9.87. The number of fused-ring (bicyclic) bond motifs is 3. The molecule has 2 aliphatic heterocycles. The lowest BCUT2D eigenvalue weighted by molar-refractivity contribution is 0.212. The number of rotatable bonds is 2. The maximum absolute atomic E-state index is 6.16. The Hall–Kier alpha value is -1.51. The Morgan fingerprint density at radius 1 is 1.10 bits per heavy atom. The zero-order valence-electron chi connectivity index (χ0n) is 11.8. The molecule has 2 aliphatic rings. The first-order valence-electron chi connectivity index (χ1n) is 7.48. The van der Waals surface area contributed by atoms with Gasteiger partial charge < -0.3 is 4.74 Å². The molecule has 2 aromatic rings. The summed E-state index contributed by atoms with van der Waals surface area (Å²) >= 11 is 6.16. The highest BCUT2D eigenvalue weighted by atomic mass is 35.5. The van der Waals surface area contributed by atoms with Crippen LogP contribution in [0.25, 0.3) is 0 Å². The molecular formula is C18H18ClNO. The van der Waals surface area contributed by atoms with E-state index in [2.05, 4.69) is 41.3 Å². The SMILES string of the molecule is Clc1ccc2c(c1)[C@@H]1CN(Cc3ccccc3)C[C@@H]1CO2. The number of halogens is 1. The predicted octanol–water partition coefficient (Wildman–Crippen LogP) is 3.95. The molecule has 2 atom stereocenters. The number of nitrogens with zero attached hydrogens (tertiary/aromatic N) is 1. The van der Waals surface area contributed by atoms with Crippen LogP contribution in [0.3, 0.4) is 0 Å². The van der Waals surface area contributed by atoms with E-state index in [9.17, 15) is 0 Å². The predicted molar refractivity (Wildman–Crippen MR) is 84.9 cm³/mol. The van der Waals surface area contributed by atoms with Gasteiger partial charge in [-0.05, 0) is 23.8 Å². The van der Waals surface area contributed by atoms with Gasteiger partial charge in [-0.1, -0.05) is 41.9 Å². The van der Waals surface area contributed by atoms with Gasteiger partial charge in [0.1, 0.15) is 5.75 Å². The first kappa shape index (κ1) is 13.2. The summed E-state index contributed by atoms with van der Waals surface area (Å²) < 4.78 is 5.91. The highest BCUT2D eigenvalue weighted by Crippen LogP contribution is 2.42. The van der Waals surface area contributed by atoms with E-state index in [0.717, 1.165) is 37.0 Å². The molecule has 108 valence electrons. The Labute approximate surface area is 130 Å². The van der Waals surface area contributed by atoms with Gasteiger partial charge in [0.2, 0.25) is 0 Å². The second kappa shape index (κ2) is 5.36. The standard InChI is InChI=1S/C18H18ClNO/c19-15-6-7-18-16(8-15)17-11-20(10-14(17)12-21-18)9-13-4-2-1-3-5-13/h1-8,14,17H,9-12H2/t14-,17-/m1/s1. The third kappa shape index (κ3) is 2.54. The third-order valence-electron chi connectivity index (χ3n) is 4.59. The number of likely N-dealkylation sites (tertiary alicyclic amines) is 1. The van der Waals surface area contributed by atoms with Gasteiger partial charge in [0.05, 0.1) is 6.61 Å². The van der Waals surface area contributed by atoms with E-state index in [1.165, 1.54) is 11.1 Å². The fourth-order valence-electron chi connectivity index (χ4n) is 3.59. The normalized spacial score (nSPS) is 24.2. The van der Waals surface area contributed by atoms with Crippen molar-refractivity contribution < 1.29 is 4.74 Å². The first-order chi connectivity index (χ1) is 10.3. The van der Waals surface area contributed by atoms with Gasteiger partial charge in [-0.25, -0.2) is 0 Å². The lowest BCUT2D eigenvalue weighted by Crippen LogP contribution is -2.25. The topological polar surface area (TPSA) is 12.5 Å². The van der Waals surface area contributed by atoms with E-state index in [1.54, 1.807) is 0 Å². The Balaban J connectivity index is 1.55. The van der Waals surface area contributed by atoms with Gasteiger partial charge >= 0.3 is 0 Å². The van der Waals surface area contributed by atoms with Gasteiger partial charge in [-0.15, -0.1) is 0 Å². The van der Waals surface area contributed by atoms with E-state index in [-0.39, 0.29) is 0 Å². The molecule has 2 aromatic carbocycles. The molecule has 0 saturated carbocycles. The Morgan fingerprint density at radius 2 is 1.95 bits per heavy atom. The van der Waals surface area contributed by atoms with Crippen LogP contribution >= 0.6 is 11.6 Å². The summed E-state index contributed by atoms with van der Waals surface area (Å²) in [6.07, 6.45) is 0. The number of ether oxygens (including phenoxy) is 1. The van der Waals surface area contributed by atoms with Crippen molar-refractivity contribution in [1.29, 1.82) is 0 Å². The van der Waals surface area contributed by atoms with Gasteiger partial charge in [0.25, 0.3) is 0 Å².